The average molecular weight is 280 g/mol. The van der Waals surface area contributed by atoms with E-state index in [0.29, 0.717) is 12.5 Å². The predicted octanol–water partition coefficient (Wildman–Crippen LogP) is 1.99. The van der Waals surface area contributed by atoms with E-state index < -0.39 is 11.7 Å². The fourth-order valence-corrected chi connectivity index (χ4v) is 2.52. The number of amides is 1. The zero-order valence-electron chi connectivity index (χ0n) is 11.7. The van der Waals surface area contributed by atoms with Crippen molar-refractivity contribution in [2.24, 2.45) is 5.92 Å². The number of nitrogens with one attached hydrogen (secondary N) is 1. The van der Waals surface area contributed by atoms with E-state index in [0.717, 1.165) is 25.7 Å². The van der Waals surface area contributed by atoms with Crippen LogP contribution in [0.4, 0.5) is 4.39 Å². The van der Waals surface area contributed by atoms with Crippen molar-refractivity contribution in [3.05, 3.63) is 29.6 Å². The molecule has 0 bridgehead atoms. The summed E-state index contributed by atoms with van der Waals surface area (Å²) in [6, 6.07) is 3.55. The summed E-state index contributed by atoms with van der Waals surface area (Å²) in [7, 11) is 0. The fourth-order valence-electron chi connectivity index (χ4n) is 2.52. The zero-order chi connectivity index (χ0) is 14.5. The van der Waals surface area contributed by atoms with Crippen molar-refractivity contribution >= 4 is 5.91 Å². The zero-order valence-corrected chi connectivity index (χ0v) is 11.7. The van der Waals surface area contributed by atoms with Crippen LogP contribution in [0.2, 0.25) is 0 Å². The molecule has 1 fully saturated rings. The number of carbonyl (C=O) groups is 1. The maximum Gasteiger partial charge on any atom is 0.254 e. The third-order valence-electron chi connectivity index (χ3n) is 3.58. The second kappa shape index (κ2) is 6.70. The maximum atomic E-state index is 13.5. The number of benzene rings is 1. The molecule has 1 aromatic carbocycles. The summed E-state index contributed by atoms with van der Waals surface area (Å²) in [5, 5.41) is 11.9. The van der Waals surface area contributed by atoms with E-state index in [1.54, 1.807) is 0 Å². The van der Waals surface area contributed by atoms with Crippen LogP contribution in [0, 0.1) is 11.7 Å². The molecule has 1 unspecified atom stereocenters. The minimum absolute atomic E-state index is 0.0313. The van der Waals surface area contributed by atoms with Gasteiger partial charge in [-0.05, 0) is 44.0 Å². The summed E-state index contributed by atoms with van der Waals surface area (Å²) in [4.78, 5) is 14.3. The van der Waals surface area contributed by atoms with Gasteiger partial charge in [-0.2, -0.15) is 0 Å². The van der Waals surface area contributed by atoms with Crippen molar-refractivity contribution < 1.29 is 14.3 Å². The minimum Gasteiger partial charge on any atom is -0.508 e. The monoisotopic (exact) mass is 280 g/mol. The van der Waals surface area contributed by atoms with Gasteiger partial charge in [0.25, 0.3) is 5.91 Å². The van der Waals surface area contributed by atoms with Gasteiger partial charge >= 0.3 is 0 Å². The summed E-state index contributed by atoms with van der Waals surface area (Å²) < 4.78 is 13.5. The molecule has 5 heteroatoms. The molecule has 20 heavy (non-hydrogen) atoms. The van der Waals surface area contributed by atoms with Gasteiger partial charge in [-0.15, -0.1) is 0 Å². The molecule has 0 aromatic heterocycles. The molecule has 1 aromatic rings. The number of phenols is 1. The number of hydrogen-bond donors (Lipinski definition) is 2. The van der Waals surface area contributed by atoms with Crippen LogP contribution < -0.4 is 5.32 Å². The number of nitrogens with zero attached hydrogens (tertiary/aromatic N) is 1. The average Bonchev–Trinajstić information content (AvgIpc) is 2.89. The number of halogens is 1. The lowest BCUT2D eigenvalue weighted by Gasteiger charge is -2.20. The normalized spacial score (nSPS) is 17.1. The lowest BCUT2D eigenvalue weighted by atomic mass is 10.1. The highest BCUT2D eigenvalue weighted by atomic mass is 19.1. The van der Waals surface area contributed by atoms with Crippen LogP contribution in [-0.4, -0.2) is 42.1 Å². The second-order valence-corrected chi connectivity index (χ2v) is 5.49. The number of hydrogen-bond acceptors (Lipinski definition) is 3. The Hall–Kier alpha value is -1.62. The first-order valence-electron chi connectivity index (χ1n) is 7.05. The van der Waals surface area contributed by atoms with Gasteiger partial charge in [-0.25, -0.2) is 4.39 Å². The fraction of sp³-hybridized carbons (Fsp3) is 0.533. The van der Waals surface area contributed by atoms with Crippen molar-refractivity contribution in [3.8, 4) is 5.75 Å². The van der Waals surface area contributed by atoms with E-state index in [-0.39, 0.29) is 11.3 Å². The Morgan fingerprint density at radius 2 is 2.15 bits per heavy atom. The number of aromatic hydroxyl groups is 1. The largest absolute Gasteiger partial charge is 0.508 e. The van der Waals surface area contributed by atoms with Gasteiger partial charge < -0.3 is 15.3 Å². The molecule has 1 amide bonds. The molecule has 110 valence electrons. The Kier molecular flexibility index (Phi) is 4.95. The summed E-state index contributed by atoms with van der Waals surface area (Å²) in [6.07, 6.45) is 2.50. The molecule has 1 aliphatic heterocycles. The van der Waals surface area contributed by atoms with Crippen molar-refractivity contribution in [2.75, 3.05) is 26.2 Å². The molecule has 0 aliphatic carbocycles. The molecule has 1 atom stereocenters. The van der Waals surface area contributed by atoms with Crippen molar-refractivity contribution in [2.45, 2.75) is 19.8 Å². The molecule has 0 radical (unpaired) electrons. The third-order valence-corrected chi connectivity index (χ3v) is 3.58. The van der Waals surface area contributed by atoms with Crippen LogP contribution in [0.15, 0.2) is 18.2 Å². The van der Waals surface area contributed by atoms with Gasteiger partial charge in [0.15, 0.2) is 0 Å². The third kappa shape index (κ3) is 3.93. The summed E-state index contributed by atoms with van der Waals surface area (Å²) >= 11 is 0. The Bertz CT molecular complexity index is 473. The minimum atomic E-state index is -0.699. The maximum absolute atomic E-state index is 13.5. The second-order valence-electron chi connectivity index (χ2n) is 5.49. The first kappa shape index (κ1) is 14.8. The Morgan fingerprint density at radius 1 is 1.45 bits per heavy atom. The Morgan fingerprint density at radius 3 is 2.80 bits per heavy atom. The van der Waals surface area contributed by atoms with Crippen LogP contribution in [-0.2, 0) is 0 Å². The molecule has 0 spiro atoms. The van der Waals surface area contributed by atoms with E-state index in [1.807, 2.05) is 0 Å². The summed E-state index contributed by atoms with van der Waals surface area (Å²) in [5.41, 5.74) is -0.0313. The van der Waals surface area contributed by atoms with Crippen molar-refractivity contribution in [3.63, 3.8) is 0 Å². The Balaban J connectivity index is 1.81. The number of carbonyl (C=O) groups excluding carboxylic acids is 1. The van der Waals surface area contributed by atoms with E-state index in [4.69, 9.17) is 5.11 Å². The van der Waals surface area contributed by atoms with Crippen LogP contribution in [0.25, 0.3) is 0 Å². The number of rotatable bonds is 5. The van der Waals surface area contributed by atoms with Crippen LogP contribution >= 0.6 is 0 Å². The number of likely N-dealkylation sites (tertiary alicyclic amines) is 1. The van der Waals surface area contributed by atoms with Gasteiger partial charge in [-0.3, -0.25) is 4.79 Å². The molecule has 0 saturated carbocycles. The van der Waals surface area contributed by atoms with Crippen molar-refractivity contribution in [1.29, 1.82) is 0 Å². The lowest BCUT2D eigenvalue weighted by molar-refractivity contribution is 0.0941. The molecule has 2 rings (SSSR count). The smallest absolute Gasteiger partial charge is 0.254 e. The first-order valence-corrected chi connectivity index (χ1v) is 7.05. The Labute approximate surface area is 118 Å². The molecular weight excluding hydrogens is 259 g/mol. The van der Waals surface area contributed by atoms with E-state index >= 15 is 0 Å². The first-order chi connectivity index (χ1) is 9.56. The number of phenolic OH excluding ortho intramolecular Hbond substituents is 1. The van der Waals surface area contributed by atoms with Crippen molar-refractivity contribution in [1.82, 2.24) is 10.2 Å². The van der Waals surface area contributed by atoms with Crippen LogP contribution in [0.3, 0.4) is 0 Å². The molecule has 1 saturated heterocycles. The van der Waals surface area contributed by atoms with Gasteiger partial charge in [0, 0.05) is 19.2 Å². The predicted molar refractivity (Wildman–Crippen MR) is 75.2 cm³/mol. The molecule has 2 N–H and O–H groups in total. The highest BCUT2D eigenvalue weighted by Gasteiger charge is 2.16. The quantitative estimate of drug-likeness (QED) is 0.867. The highest BCUT2D eigenvalue weighted by molar-refractivity contribution is 5.94. The van der Waals surface area contributed by atoms with Crippen LogP contribution in [0.5, 0.6) is 5.75 Å². The van der Waals surface area contributed by atoms with Gasteiger partial charge in [0.1, 0.15) is 11.6 Å². The topological polar surface area (TPSA) is 52.6 Å². The molecule has 1 aliphatic rings. The van der Waals surface area contributed by atoms with E-state index in [2.05, 4.69) is 17.1 Å². The van der Waals surface area contributed by atoms with E-state index in [1.165, 1.54) is 25.0 Å². The summed E-state index contributed by atoms with van der Waals surface area (Å²) in [6.45, 7) is 5.82. The lowest BCUT2D eigenvalue weighted by Crippen LogP contribution is -2.34. The summed E-state index contributed by atoms with van der Waals surface area (Å²) in [5.74, 6) is -0.982. The highest BCUT2D eigenvalue weighted by Crippen LogP contribution is 2.15. The van der Waals surface area contributed by atoms with E-state index in [9.17, 15) is 9.18 Å². The molecular formula is C15H21FN2O2. The van der Waals surface area contributed by atoms with Gasteiger partial charge in [-0.1, -0.05) is 6.92 Å². The van der Waals surface area contributed by atoms with Gasteiger partial charge in [0.05, 0.1) is 5.56 Å². The van der Waals surface area contributed by atoms with Crippen LogP contribution in [0.1, 0.15) is 30.1 Å². The molecule has 1 heterocycles. The standard InChI is InChI=1S/C15H21FN2O2/c1-11(10-18-6-2-3-7-18)9-17-15(20)13-5-4-12(19)8-14(13)16/h4-5,8,11,19H,2-3,6-7,9-10H2,1H3,(H,17,20). The molecule has 4 nitrogen and oxygen atoms in total. The van der Waals surface area contributed by atoms with Gasteiger partial charge in [0.2, 0.25) is 0 Å². The SMILES string of the molecule is CC(CNC(=O)c1ccc(O)cc1F)CN1CCCC1.